The number of thioether (sulfide) groups is 1. The first-order valence-corrected chi connectivity index (χ1v) is 15.9. The second-order valence-corrected chi connectivity index (χ2v) is 12.5. The van der Waals surface area contributed by atoms with E-state index in [1.54, 1.807) is 30.6 Å². The molecule has 0 saturated carbocycles. The number of fused-ring (bicyclic) bond motifs is 1. The zero-order valence-electron chi connectivity index (χ0n) is 22.9. The third-order valence-corrected chi connectivity index (χ3v) is 9.51. The second-order valence-electron chi connectivity index (χ2n) is 9.14. The first-order chi connectivity index (χ1) is 20.4. The Kier molecular flexibility index (Phi) is 9.63. The van der Waals surface area contributed by atoms with E-state index in [9.17, 15) is 14.9 Å². The number of nitrogens with zero attached hydrogens (tertiary/aromatic N) is 4. The number of nitrogens with one attached hydrogen (secondary N) is 1. The molecule has 42 heavy (non-hydrogen) atoms. The third-order valence-electron chi connectivity index (χ3n) is 6.34. The number of pyridine rings is 1. The fraction of sp³-hybridized carbons (Fsp3) is 0.161. The minimum atomic E-state index is -0.392. The summed E-state index contributed by atoms with van der Waals surface area (Å²) in [7, 11) is 0. The van der Waals surface area contributed by atoms with Gasteiger partial charge in [0.15, 0.2) is 4.34 Å². The van der Waals surface area contributed by atoms with Gasteiger partial charge in [0, 0.05) is 24.2 Å². The van der Waals surface area contributed by atoms with Gasteiger partial charge in [0.2, 0.25) is 5.91 Å². The number of thiazole rings is 1. The summed E-state index contributed by atoms with van der Waals surface area (Å²) in [4.78, 5) is 38.1. The van der Waals surface area contributed by atoms with Crippen molar-refractivity contribution < 1.29 is 9.72 Å². The molecule has 0 unspecified atom stereocenters. The molecule has 0 aliphatic heterocycles. The van der Waals surface area contributed by atoms with E-state index in [1.807, 2.05) is 36.4 Å². The molecule has 212 valence electrons. The van der Waals surface area contributed by atoms with E-state index < -0.39 is 4.92 Å². The number of para-hydroxylation sites is 1. The summed E-state index contributed by atoms with van der Waals surface area (Å²) in [5.41, 5.74) is 5.35. The van der Waals surface area contributed by atoms with E-state index in [2.05, 4.69) is 46.3 Å². The van der Waals surface area contributed by atoms with Crippen molar-refractivity contribution in [2.45, 2.75) is 41.0 Å². The maximum Gasteiger partial charge on any atom is 0.283 e. The average molecular weight is 614 g/mol. The molecule has 2 heterocycles. The highest BCUT2D eigenvalue weighted by Gasteiger charge is 2.16. The fourth-order valence-electron chi connectivity index (χ4n) is 4.25. The summed E-state index contributed by atoms with van der Waals surface area (Å²) in [6.07, 6.45) is 4.98. The van der Waals surface area contributed by atoms with Crippen LogP contribution in [0.2, 0.25) is 0 Å². The molecule has 0 saturated heterocycles. The molecule has 0 aliphatic carbocycles. The number of rotatable bonds is 11. The first-order valence-electron chi connectivity index (χ1n) is 13.3. The molecule has 0 atom stereocenters. The van der Waals surface area contributed by atoms with Gasteiger partial charge in [-0.1, -0.05) is 67.7 Å². The quantitative estimate of drug-likeness (QED) is 0.0690. The van der Waals surface area contributed by atoms with Gasteiger partial charge in [0.05, 0.1) is 31.5 Å². The Balaban J connectivity index is 1.25. The van der Waals surface area contributed by atoms with Crippen molar-refractivity contribution in [3.8, 4) is 0 Å². The van der Waals surface area contributed by atoms with Gasteiger partial charge in [-0.3, -0.25) is 19.9 Å². The van der Waals surface area contributed by atoms with Crippen LogP contribution in [-0.2, 0) is 17.6 Å². The van der Waals surface area contributed by atoms with Crippen LogP contribution in [-0.4, -0.2) is 32.8 Å². The Labute approximate surface area is 255 Å². The number of benzene rings is 3. The molecular weight excluding hydrogens is 587 g/mol. The van der Waals surface area contributed by atoms with Gasteiger partial charge < -0.3 is 5.32 Å². The lowest BCUT2D eigenvalue weighted by atomic mass is 10.0. The molecule has 11 heteroatoms. The molecule has 8 nitrogen and oxygen atoms in total. The largest absolute Gasteiger partial charge is 0.325 e. The predicted molar refractivity (Wildman–Crippen MR) is 173 cm³/mol. The number of nitro benzene ring substituents is 1. The molecule has 1 amide bonds. The molecule has 3 aromatic carbocycles. The maximum atomic E-state index is 12.8. The van der Waals surface area contributed by atoms with Gasteiger partial charge in [-0.25, -0.2) is 9.97 Å². The van der Waals surface area contributed by atoms with Crippen molar-refractivity contribution in [1.29, 1.82) is 0 Å². The number of carbonyl (C=O) groups excluding carboxylic acids is 1. The number of amides is 1. The number of carbonyl (C=O) groups is 1. The third kappa shape index (κ3) is 7.22. The standard InChI is InChI=1S/C31H27N5O3S3/c1-3-21-8-7-9-22(4-2)30(21)35-28(37)19-40-31-34-24-13-12-23(17-27(24)42-31)33-18-20-11-14-26(25(16-20)36(38)39)41-29-10-5-6-15-32-29/h5-18H,3-4,19H2,1-2H3,(H,35,37). The van der Waals surface area contributed by atoms with E-state index in [0.29, 0.717) is 21.2 Å². The van der Waals surface area contributed by atoms with Gasteiger partial charge in [0.25, 0.3) is 5.69 Å². The highest BCUT2D eigenvalue weighted by Crippen LogP contribution is 2.35. The Morgan fingerprint density at radius 3 is 2.57 bits per heavy atom. The Hall–Kier alpha value is -4.06. The lowest BCUT2D eigenvalue weighted by Crippen LogP contribution is -2.16. The SMILES string of the molecule is CCc1cccc(CC)c1NC(=O)CSc1nc2ccc(N=Cc3ccc(Sc4ccccn4)c([N+](=O)[O-])c3)cc2s1. The minimum absolute atomic E-state index is 0.00214. The highest BCUT2D eigenvalue weighted by molar-refractivity contribution is 8.01. The number of hydrogen-bond donors (Lipinski definition) is 1. The van der Waals surface area contributed by atoms with Crippen LogP contribution in [0.1, 0.15) is 30.5 Å². The van der Waals surface area contributed by atoms with Crippen LogP contribution in [0.5, 0.6) is 0 Å². The topological polar surface area (TPSA) is 110 Å². The molecular formula is C31H27N5O3S3. The monoisotopic (exact) mass is 613 g/mol. The maximum absolute atomic E-state index is 12.8. The van der Waals surface area contributed by atoms with Crippen molar-refractivity contribution in [3.63, 3.8) is 0 Å². The van der Waals surface area contributed by atoms with E-state index in [1.165, 1.54) is 40.9 Å². The second kappa shape index (κ2) is 13.7. The van der Waals surface area contributed by atoms with Crippen LogP contribution >= 0.6 is 34.9 Å². The highest BCUT2D eigenvalue weighted by atomic mass is 32.2. The zero-order chi connectivity index (χ0) is 29.5. The summed E-state index contributed by atoms with van der Waals surface area (Å²) in [6.45, 7) is 4.17. The lowest BCUT2D eigenvalue weighted by molar-refractivity contribution is -0.387. The molecule has 5 aromatic rings. The predicted octanol–water partition coefficient (Wildman–Crippen LogP) is 8.36. The van der Waals surface area contributed by atoms with E-state index in [-0.39, 0.29) is 17.3 Å². The summed E-state index contributed by atoms with van der Waals surface area (Å²) >= 11 is 4.16. The number of anilines is 1. The van der Waals surface area contributed by atoms with Gasteiger partial charge >= 0.3 is 0 Å². The van der Waals surface area contributed by atoms with E-state index in [0.717, 1.165) is 44.2 Å². The number of aryl methyl sites for hydroxylation is 2. The molecule has 1 N–H and O–H groups in total. The van der Waals surface area contributed by atoms with Crippen molar-refractivity contribution in [2.24, 2.45) is 4.99 Å². The molecule has 2 aromatic heterocycles. The van der Waals surface area contributed by atoms with Gasteiger partial charge in [-0.05, 0) is 65.9 Å². The van der Waals surface area contributed by atoms with Crippen molar-refractivity contribution in [2.75, 3.05) is 11.1 Å². The summed E-state index contributed by atoms with van der Waals surface area (Å²) in [6, 6.07) is 22.3. The number of nitro groups is 1. The van der Waals surface area contributed by atoms with Crippen LogP contribution in [0.3, 0.4) is 0 Å². The molecule has 0 aliphatic rings. The van der Waals surface area contributed by atoms with Crippen LogP contribution in [0.15, 0.2) is 98.2 Å². The molecule has 0 bridgehead atoms. The lowest BCUT2D eigenvalue weighted by Gasteiger charge is -2.14. The fourth-order valence-corrected chi connectivity index (χ4v) is 7.01. The normalized spacial score (nSPS) is 11.3. The molecule has 5 rings (SSSR count). The average Bonchev–Trinajstić information content (AvgIpc) is 3.42. The zero-order valence-corrected chi connectivity index (χ0v) is 25.4. The van der Waals surface area contributed by atoms with Gasteiger partial charge in [-0.15, -0.1) is 11.3 Å². The molecule has 0 fully saturated rings. The van der Waals surface area contributed by atoms with E-state index >= 15 is 0 Å². The number of aromatic nitrogens is 2. The molecule has 0 spiro atoms. The number of aliphatic imine (C=N–C) groups is 1. The van der Waals surface area contributed by atoms with Crippen molar-refractivity contribution in [3.05, 3.63) is 106 Å². The molecule has 0 radical (unpaired) electrons. The van der Waals surface area contributed by atoms with Gasteiger partial charge in [-0.2, -0.15) is 0 Å². The van der Waals surface area contributed by atoms with Gasteiger partial charge in [0.1, 0.15) is 5.03 Å². The minimum Gasteiger partial charge on any atom is -0.325 e. The Bertz CT molecular complexity index is 1750. The Morgan fingerprint density at radius 2 is 1.86 bits per heavy atom. The van der Waals surface area contributed by atoms with Crippen LogP contribution in [0, 0.1) is 10.1 Å². The summed E-state index contributed by atoms with van der Waals surface area (Å²) in [5.74, 6) is 0.207. The van der Waals surface area contributed by atoms with E-state index in [4.69, 9.17) is 0 Å². The van der Waals surface area contributed by atoms with Crippen LogP contribution in [0.4, 0.5) is 17.1 Å². The number of hydrogen-bond acceptors (Lipinski definition) is 9. The first kappa shape index (κ1) is 29.4. The van der Waals surface area contributed by atoms with Crippen molar-refractivity contribution in [1.82, 2.24) is 9.97 Å². The van der Waals surface area contributed by atoms with Crippen molar-refractivity contribution >= 4 is 74.3 Å². The summed E-state index contributed by atoms with van der Waals surface area (Å²) < 4.78 is 1.75. The Morgan fingerprint density at radius 1 is 1.05 bits per heavy atom. The van der Waals surface area contributed by atoms with Crippen LogP contribution < -0.4 is 5.32 Å². The van der Waals surface area contributed by atoms with Crippen LogP contribution in [0.25, 0.3) is 10.2 Å². The summed E-state index contributed by atoms with van der Waals surface area (Å²) in [5, 5.41) is 15.5. The smallest absolute Gasteiger partial charge is 0.283 e.